The van der Waals surface area contributed by atoms with E-state index in [4.69, 9.17) is 9.72 Å². The zero-order valence-corrected chi connectivity index (χ0v) is 14.4. The quantitative estimate of drug-likeness (QED) is 0.765. The van der Waals surface area contributed by atoms with Crippen LogP contribution in [-0.2, 0) is 17.8 Å². The summed E-state index contributed by atoms with van der Waals surface area (Å²) in [5, 5.41) is 0. The first-order valence-corrected chi connectivity index (χ1v) is 8.70. The minimum absolute atomic E-state index is 0.743. The van der Waals surface area contributed by atoms with Gasteiger partial charge in [-0.05, 0) is 45.6 Å². The fourth-order valence-corrected chi connectivity index (χ4v) is 3.25. The Bertz CT molecular complexity index is 625. The Morgan fingerprint density at radius 1 is 1.13 bits per heavy atom. The minimum atomic E-state index is 0.743. The fraction of sp³-hybridized carbons (Fsp3) is 0.611. The SMILES string of the molecule is CCOCCn1c(CN2CCCN(C)CC2)nc2ccccc21. The lowest BCUT2D eigenvalue weighted by Gasteiger charge is -2.20. The number of rotatable bonds is 6. The van der Waals surface area contributed by atoms with E-state index < -0.39 is 0 Å². The van der Waals surface area contributed by atoms with Gasteiger partial charge in [0.25, 0.3) is 0 Å². The lowest BCUT2D eigenvalue weighted by Crippen LogP contribution is -2.29. The third-order valence-corrected chi connectivity index (χ3v) is 4.57. The number of imidazole rings is 1. The molecule has 23 heavy (non-hydrogen) atoms. The van der Waals surface area contributed by atoms with Crippen molar-refractivity contribution in [3.63, 3.8) is 0 Å². The molecule has 0 spiro atoms. The predicted molar refractivity (Wildman–Crippen MR) is 93.6 cm³/mol. The van der Waals surface area contributed by atoms with Crippen molar-refractivity contribution in [2.45, 2.75) is 26.4 Å². The lowest BCUT2D eigenvalue weighted by atomic mass is 10.3. The van der Waals surface area contributed by atoms with Gasteiger partial charge in [-0.25, -0.2) is 4.98 Å². The molecule has 1 saturated heterocycles. The van der Waals surface area contributed by atoms with E-state index in [1.54, 1.807) is 0 Å². The highest BCUT2D eigenvalue weighted by molar-refractivity contribution is 5.75. The summed E-state index contributed by atoms with van der Waals surface area (Å²) in [5.74, 6) is 1.16. The highest BCUT2D eigenvalue weighted by Crippen LogP contribution is 2.18. The minimum Gasteiger partial charge on any atom is -0.380 e. The summed E-state index contributed by atoms with van der Waals surface area (Å²) in [5.41, 5.74) is 2.31. The first kappa shape index (κ1) is 16.4. The van der Waals surface area contributed by atoms with Crippen molar-refractivity contribution in [1.82, 2.24) is 19.4 Å². The summed E-state index contributed by atoms with van der Waals surface area (Å²) in [6, 6.07) is 8.42. The van der Waals surface area contributed by atoms with Crippen molar-refractivity contribution in [3.05, 3.63) is 30.1 Å². The Balaban J connectivity index is 1.79. The van der Waals surface area contributed by atoms with Gasteiger partial charge >= 0.3 is 0 Å². The molecule has 3 rings (SSSR count). The van der Waals surface area contributed by atoms with Gasteiger partial charge in [-0.15, -0.1) is 0 Å². The molecule has 0 saturated carbocycles. The van der Waals surface area contributed by atoms with E-state index in [-0.39, 0.29) is 0 Å². The second-order valence-electron chi connectivity index (χ2n) is 6.30. The average Bonchev–Trinajstić information content (AvgIpc) is 2.76. The van der Waals surface area contributed by atoms with Crippen LogP contribution in [0.15, 0.2) is 24.3 Å². The molecule has 0 N–H and O–H groups in total. The predicted octanol–water partition coefficient (Wildman–Crippen LogP) is 2.21. The Labute approximate surface area is 138 Å². The number of hydrogen-bond donors (Lipinski definition) is 0. The monoisotopic (exact) mass is 316 g/mol. The van der Waals surface area contributed by atoms with Crippen LogP contribution in [0.1, 0.15) is 19.2 Å². The van der Waals surface area contributed by atoms with Crippen LogP contribution < -0.4 is 0 Å². The van der Waals surface area contributed by atoms with Gasteiger partial charge in [-0.2, -0.15) is 0 Å². The van der Waals surface area contributed by atoms with Crippen LogP contribution in [0.3, 0.4) is 0 Å². The molecule has 1 aromatic carbocycles. The van der Waals surface area contributed by atoms with Crippen molar-refractivity contribution in [2.24, 2.45) is 0 Å². The number of aromatic nitrogens is 2. The number of nitrogens with zero attached hydrogens (tertiary/aromatic N) is 4. The number of hydrogen-bond acceptors (Lipinski definition) is 4. The molecule has 0 unspecified atom stereocenters. The van der Waals surface area contributed by atoms with E-state index in [0.717, 1.165) is 57.3 Å². The van der Waals surface area contributed by atoms with Crippen LogP contribution in [-0.4, -0.2) is 65.8 Å². The topological polar surface area (TPSA) is 33.5 Å². The first-order valence-electron chi connectivity index (χ1n) is 8.70. The normalized spacial score (nSPS) is 17.7. The fourth-order valence-electron chi connectivity index (χ4n) is 3.25. The molecule has 1 aromatic heterocycles. The zero-order valence-electron chi connectivity index (χ0n) is 14.4. The lowest BCUT2D eigenvalue weighted by molar-refractivity contribution is 0.138. The Hall–Kier alpha value is -1.43. The number of fused-ring (bicyclic) bond motifs is 1. The van der Waals surface area contributed by atoms with Crippen LogP contribution in [0, 0.1) is 0 Å². The van der Waals surface area contributed by atoms with Crippen LogP contribution in [0.25, 0.3) is 11.0 Å². The molecule has 0 atom stereocenters. The second kappa shape index (κ2) is 7.90. The summed E-state index contributed by atoms with van der Waals surface area (Å²) in [6.07, 6.45) is 1.23. The highest BCUT2D eigenvalue weighted by atomic mass is 16.5. The van der Waals surface area contributed by atoms with Crippen LogP contribution in [0.4, 0.5) is 0 Å². The van der Waals surface area contributed by atoms with Crippen molar-refractivity contribution in [1.29, 1.82) is 0 Å². The smallest absolute Gasteiger partial charge is 0.124 e. The van der Waals surface area contributed by atoms with E-state index in [2.05, 4.69) is 45.7 Å². The molecule has 1 fully saturated rings. The number of benzene rings is 1. The standard InChI is InChI=1S/C18H28N4O/c1-3-23-14-13-22-17-8-5-4-7-16(17)19-18(22)15-21-10-6-9-20(2)11-12-21/h4-5,7-8H,3,6,9-15H2,1-2H3. The molecule has 0 radical (unpaired) electrons. The summed E-state index contributed by atoms with van der Waals surface area (Å²) >= 11 is 0. The van der Waals surface area contributed by atoms with E-state index in [1.165, 1.54) is 18.5 Å². The summed E-state index contributed by atoms with van der Waals surface area (Å²) in [7, 11) is 2.21. The molecule has 2 aromatic rings. The molecule has 0 amide bonds. The van der Waals surface area contributed by atoms with Gasteiger partial charge in [0.2, 0.25) is 0 Å². The van der Waals surface area contributed by atoms with Gasteiger partial charge in [0.15, 0.2) is 0 Å². The average molecular weight is 316 g/mol. The maximum atomic E-state index is 5.57. The van der Waals surface area contributed by atoms with Crippen LogP contribution in [0.5, 0.6) is 0 Å². The molecular weight excluding hydrogens is 288 g/mol. The number of ether oxygens (including phenoxy) is 1. The molecular formula is C18H28N4O. The van der Waals surface area contributed by atoms with Gasteiger partial charge in [0.1, 0.15) is 5.82 Å². The number of likely N-dealkylation sites (N-methyl/N-ethyl adjacent to an activating group) is 1. The van der Waals surface area contributed by atoms with Gasteiger partial charge in [0, 0.05) is 26.2 Å². The molecule has 5 nitrogen and oxygen atoms in total. The van der Waals surface area contributed by atoms with E-state index in [9.17, 15) is 0 Å². The van der Waals surface area contributed by atoms with Crippen LogP contribution >= 0.6 is 0 Å². The van der Waals surface area contributed by atoms with Crippen molar-refractivity contribution in [3.8, 4) is 0 Å². The molecule has 5 heteroatoms. The summed E-state index contributed by atoms with van der Waals surface area (Å²) in [6.45, 7) is 9.94. The Morgan fingerprint density at radius 2 is 2.00 bits per heavy atom. The zero-order chi connectivity index (χ0) is 16.1. The van der Waals surface area contributed by atoms with Gasteiger partial charge < -0.3 is 14.2 Å². The van der Waals surface area contributed by atoms with E-state index in [0.29, 0.717) is 0 Å². The van der Waals surface area contributed by atoms with E-state index >= 15 is 0 Å². The molecule has 1 aliphatic rings. The van der Waals surface area contributed by atoms with Gasteiger partial charge in [-0.3, -0.25) is 4.90 Å². The largest absolute Gasteiger partial charge is 0.380 e. The molecule has 0 aliphatic carbocycles. The Kier molecular flexibility index (Phi) is 5.65. The summed E-state index contributed by atoms with van der Waals surface area (Å²) < 4.78 is 7.90. The number of para-hydroxylation sites is 2. The molecule has 0 bridgehead atoms. The molecule has 126 valence electrons. The molecule has 2 heterocycles. The van der Waals surface area contributed by atoms with Crippen LogP contribution in [0.2, 0.25) is 0 Å². The third kappa shape index (κ3) is 4.10. The molecule has 1 aliphatic heterocycles. The van der Waals surface area contributed by atoms with Gasteiger partial charge in [-0.1, -0.05) is 12.1 Å². The summed E-state index contributed by atoms with van der Waals surface area (Å²) in [4.78, 5) is 9.83. The van der Waals surface area contributed by atoms with Crippen molar-refractivity contribution in [2.75, 3.05) is 46.4 Å². The second-order valence-corrected chi connectivity index (χ2v) is 6.30. The van der Waals surface area contributed by atoms with Crippen molar-refractivity contribution >= 4 is 11.0 Å². The first-order chi connectivity index (χ1) is 11.3. The van der Waals surface area contributed by atoms with Gasteiger partial charge in [0.05, 0.1) is 24.2 Å². The third-order valence-electron chi connectivity index (χ3n) is 4.57. The Morgan fingerprint density at radius 3 is 2.87 bits per heavy atom. The van der Waals surface area contributed by atoms with Crippen molar-refractivity contribution < 1.29 is 4.74 Å². The highest BCUT2D eigenvalue weighted by Gasteiger charge is 2.16. The maximum absolute atomic E-state index is 5.57. The maximum Gasteiger partial charge on any atom is 0.124 e. The van der Waals surface area contributed by atoms with E-state index in [1.807, 2.05) is 6.92 Å².